The second kappa shape index (κ2) is 7.17. The van der Waals surface area contributed by atoms with E-state index in [0.29, 0.717) is 36.0 Å². The standard InChI is InChI=1S/C17H16BrFN2O3/c18-15-2-1-12(19)9-14(15)16(22)20-13-3-6-21(7-4-13)17(23)11-5-8-24-10-11/h1-2,5,8-10,13H,3-4,6-7H2,(H,20,22). The van der Waals surface area contributed by atoms with E-state index in [4.69, 9.17) is 4.42 Å². The number of carbonyl (C=O) groups excluding carboxylic acids is 2. The van der Waals surface area contributed by atoms with Crippen LogP contribution >= 0.6 is 15.9 Å². The fourth-order valence-electron chi connectivity index (χ4n) is 2.73. The van der Waals surface area contributed by atoms with E-state index in [1.165, 1.54) is 30.7 Å². The molecule has 2 heterocycles. The van der Waals surface area contributed by atoms with E-state index in [0.717, 1.165) is 0 Å². The van der Waals surface area contributed by atoms with Crippen LogP contribution in [-0.2, 0) is 0 Å². The van der Waals surface area contributed by atoms with Crippen LogP contribution in [0.1, 0.15) is 33.6 Å². The van der Waals surface area contributed by atoms with Crippen molar-refractivity contribution in [3.63, 3.8) is 0 Å². The number of piperidine rings is 1. The highest BCUT2D eigenvalue weighted by Crippen LogP contribution is 2.19. The van der Waals surface area contributed by atoms with Crippen LogP contribution in [0.15, 0.2) is 45.7 Å². The van der Waals surface area contributed by atoms with Gasteiger partial charge in [0.15, 0.2) is 0 Å². The number of hydrogen-bond donors (Lipinski definition) is 1. The van der Waals surface area contributed by atoms with E-state index in [9.17, 15) is 14.0 Å². The van der Waals surface area contributed by atoms with Gasteiger partial charge >= 0.3 is 0 Å². The molecule has 1 aromatic heterocycles. The largest absolute Gasteiger partial charge is 0.472 e. The van der Waals surface area contributed by atoms with Gasteiger partial charge in [-0.15, -0.1) is 0 Å². The first-order valence-electron chi connectivity index (χ1n) is 7.62. The SMILES string of the molecule is O=C(NC1CCN(C(=O)c2ccoc2)CC1)c1cc(F)ccc1Br. The zero-order chi connectivity index (χ0) is 17.1. The second-order valence-corrected chi connectivity index (χ2v) is 6.53. The van der Waals surface area contributed by atoms with Crippen LogP contribution in [0.25, 0.3) is 0 Å². The smallest absolute Gasteiger partial charge is 0.257 e. The molecular formula is C17H16BrFN2O3. The van der Waals surface area contributed by atoms with Crippen LogP contribution in [0.3, 0.4) is 0 Å². The van der Waals surface area contributed by atoms with Gasteiger partial charge in [-0.25, -0.2) is 4.39 Å². The van der Waals surface area contributed by atoms with E-state index >= 15 is 0 Å². The lowest BCUT2D eigenvalue weighted by atomic mass is 10.0. The predicted octanol–water partition coefficient (Wildman–Crippen LogP) is 3.22. The minimum atomic E-state index is -0.455. The molecule has 0 saturated carbocycles. The van der Waals surface area contributed by atoms with Crippen molar-refractivity contribution in [2.45, 2.75) is 18.9 Å². The molecule has 0 unspecified atom stereocenters. The maximum Gasteiger partial charge on any atom is 0.257 e. The molecule has 1 aliphatic rings. The average Bonchev–Trinajstić information content (AvgIpc) is 3.11. The monoisotopic (exact) mass is 394 g/mol. The Morgan fingerprint density at radius 2 is 2.00 bits per heavy atom. The van der Waals surface area contributed by atoms with Crippen molar-refractivity contribution in [2.24, 2.45) is 0 Å². The first-order chi connectivity index (χ1) is 11.5. The zero-order valence-corrected chi connectivity index (χ0v) is 14.4. The quantitative estimate of drug-likeness (QED) is 0.868. The van der Waals surface area contributed by atoms with Gasteiger partial charge in [0, 0.05) is 23.6 Å². The lowest BCUT2D eigenvalue weighted by molar-refractivity contribution is 0.0697. The van der Waals surface area contributed by atoms with Crippen molar-refractivity contribution in [1.29, 1.82) is 0 Å². The summed E-state index contributed by atoms with van der Waals surface area (Å²) < 4.78 is 18.8. The Morgan fingerprint density at radius 3 is 2.67 bits per heavy atom. The molecule has 0 spiro atoms. The molecule has 1 saturated heterocycles. The molecule has 0 radical (unpaired) electrons. The highest BCUT2D eigenvalue weighted by Gasteiger charge is 2.25. The molecule has 2 amide bonds. The van der Waals surface area contributed by atoms with Gasteiger partial charge in [-0.2, -0.15) is 0 Å². The number of benzene rings is 1. The van der Waals surface area contributed by atoms with Crippen LogP contribution in [-0.4, -0.2) is 35.8 Å². The van der Waals surface area contributed by atoms with Gasteiger partial charge in [-0.05, 0) is 53.0 Å². The first kappa shape index (κ1) is 16.7. The molecule has 1 aromatic carbocycles. The molecule has 5 nitrogen and oxygen atoms in total. The Balaban J connectivity index is 1.56. The zero-order valence-electron chi connectivity index (χ0n) is 12.8. The van der Waals surface area contributed by atoms with Crippen molar-refractivity contribution >= 4 is 27.7 Å². The molecular weight excluding hydrogens is 379 g/mol. The summed E-state index contributed by atoms with van der Waals surface area (Å²) >= 11 is 3.26. The maximum absolute atomic E-state index is 13.3. The number of nitrogens with zero attached hydrogens (tertiary/aromatic N) is 1. The van der Waals surface area contributed by atoms with E-state index in [-0.39, 0.29) is 23.4 Å². The third kappa shape index (κ3) is 3.67. The Morgan fingerprint density at radius 1 is 1.25 bits per heavy atom. The van der Waals surface area contributed by atoms with Crippen LogP contribution in [0.2, 0.25) is 0 Å². The molecule has 3 rings (SSSR count). The van der Waals surface area contributed by atoms with Gasteiger partial charge in [0.1, 0.15) is 12.1 Å². The summed E-state index contributed by atoms with van der Waals surface area (Å²) in [5.41, 5.74) is 0.799. The summed E-state index contributed by atoms with van der Waals surface area (Å²) in [5, 5.41) is 2.91. The van der Waals surface area contributed by atoms with Gasteiger partial charge in [-0.1, -0.05) is 0 Å². The molecule has 2 aromatic rings. The molecule has 7 heteroatoms. The molecule has 0 atom stereocenters. The number of furan rings is 1. The molecule has 1 fully saturated rings. The summed E-state index contributed by atoms with van der Waals surface area (Å²) in [4.78, 5) is 26.3. The van der Waals surface area contributed by atoms with Gasteiger partial charge in [-0.3, -0.25) is 9.59 Å². The second-order valence-electron chi connectivity index (χ2n) is 5.68. The number of rotatable bonds is 3. The van der Waals surface area contributed by atoms with Crippen molar-refractivity contribution in [1.82, 2.24) is 10.2 Å². The summed E-state index contributed by atoms with van der Waals surface area (Å²) in [7, 11) is 0. The Labute approximate surface area is 146 Å². The molecule has 0 aliphatic carbocycles. The summed E-state index contributed by atoms with van der Waals surface area (Å²) in [6.45, 7) is 1.11. The minimum absolute atomic E-state index is 0.0407. The number of likely N-dealkylation sites (tertiary alicyclic amines) is 1. The summed E-state index contributed by atoms with van der Waals surface area (Å²) in [6, 6.07) is 5.60. The molecule has 1 aliphatic heterocycles. The molecule has 24 heavy (non-hydrogen) atoms. The number of nitrogens with one attached hydrogen (secondary N) is 1. The van der Waals surface area contributed by atoms with Gasteiger partial charge in [0.25, 0.3) is 11.8 Å². The van der Waals surface area contributed by atoms with Gasteiger partial charge in [0.05, 0.1) is 17.4 Å². The number of halogens is 2. The summed E-state index contributed by atoms with van der Waals surface area (Å²) in [5.74, 6) is -0.841. The average molecular weight is 395 g/mol. The van der Waals surface area contributed by atoms with Crippen molar-refractivity contribution < 1.29 is 18.4 Å². The molecule has 1 N–H and O–H groups in total. The number of hydrogen-bond acceptors (Lipinski definition) is 3. The Kier molecular flexibility index (Phi) is 4.99. The van der Waals surface area contributed by atoms with E-state index in [1.807, 2.05) is 0 Å². The summed E-state index contributed by atoms with van der Waals surface area (Å²) in [6.07, 6.45) is 4.21. The van der Waals surface area contributed by atoms with Crippen LogP contribution in [0.4, 0.5) is 4.39 Å². The maximum atomic E-state index is 13.3. The fourth-order valence-corrected chi connectivity index (χ4v) is 3.16. The molecule has 0 bridgehead atoms. The highest BCUT2D eigenvalue weighted by molar-refractivity contribution is 9.10. The van der Waals surface area contributed by atoms with Crippen LogP contribution in [0, 0.1) is 5.82 Å². The number of carbonyl (C=O) groups is 2. The van der Waals surface area contributed by atoms with Crippen molar-refractivity contribution in [3.05, 3.63) is 58.2 Å². The van der Waals surface area contributed by atoms with Gasteiger partial charge < -0.3 is 14.6 Å². The minimum Gasteiger partial charge on any atom is -0.472 e. The lowest BCUT2D eigenvalue weighted by Gasteiger charge is -2.32. The van der Waals surface area contributed by atoms with Crippen LogP contribution < -0.4 is 5.32 Å². The van der Waals surface area contributed by atoms with E-state index in [1.54, 1.807) is 11.0 Å². The normalized spacial score (nSPS) is 15.3. The fraction of sp³-hybridized carbons (Fsp3) is 0.294. The van der Waals surface area contributed by atoms with Crippen molar-refractivity contribution in [3.8, 4) is 0 Å². The predicted molar refractivity (Wildman–Crippen MR) is 89.2 cm³/mol. The Hall–Kier alpha value is -2.15. The van der Waals surface area contributed by atoms with Gasteiger partial charge in [0.2, 0.25) is 0 Å². The first-order valence-corrected chi connectivity index (χ1v) is 8.41. The number of amides is 2. The topological polar surface area (TPSA) is 62.6 Å². The van der Waals surface area contributed by atoms with Crippen LogP contribution in [0.5, 0.6) is 0 Å². The lowest BCUT2D eigenvalue weighted by Crippen LogP contribution is -2.46. The van der Waals surface area contributed by atoms with E-state index in [2.05, 4.69) is 21.2 Å². The Bertz CT molecular complexity index is 740. The molecule has 126 valence electrons. The van der Waals surface area contributed by atoms with Crippen molar-refractivity contribution in [2.75, 3.05) is 13.1 Å². The third-order valence-electron chi connectivity index (χ3n) is 4.06. The van der Waals surface area contributed by atoms with E-state index < -0.39 is 5.82 Å². The third-order valence-corrected chi connectivity index (χ3v) is 4.75. The highest BCUT2D eigenvalue weighted by atomic mass is 79.9.